The molecule has 0 bridgehead atoms. The van der Waals surface area contributed by atoms with Crippen LogP contribution in [0.1, 0.15) is 36.3 Å². The van der Waals surface area contributed by atoms with Gasteiger partial charge in [0.2, 0.25) is 5.91 Å². The van der Waals surface area contributed by atoms with Gasteiger partial charge in [-0.2, -0.15) is 5.26 Å². The van der Waals surface area contributed by atoms with E-state index in [4.69, 9.17) is 5.11 Å². The van der Waals surface area contributed by atoms with Crippen molar-refractivity contribution in [2.45, 2.75) is 33.1 Å². The lowest BCUT2D eigenvalue weighted by Crippen LogP contribution is -2.17. The first-order valence-corrected chi connectivity index (χ1v) is 7.78. The predicted molar refractivity (Wildman–Crippen MR) is 78.1 cm³/mol. The zero-order chi connectivity index (χ0) is 15.4. The smallest absolute Gasteiger partial charge is 0.307 e. The lowest BCUT2D eigenvalue weighted by molar-refractivity contribution is -0.140. The second kappa shape index (κ2) is 4.57. The maximum atomic E-state index is 12.3. The molecule has 1 fully saturated rings. The third-order valence-electron chi connectivity index (χ3n) is 4.65. The van der Waals surface area contributed by atoms with E-state index in [0.717, 1.165) is 24.8 Å². The molecule has 2 aliphatic carbocycles. The van der Waals surface area contributed by atoms with Crippen LogP contribution in [0.25, 0.3) is 0 Å². The van der Waals surface area contributed by atoms with Crippen molar-refractivity contribution in [3.05, 3.63) is 16.0 Å². The van der Waals surface area contributed by atoms with E-state index in [1.165, 1.54) is 16.2 Å². The van der Waals surface area contributed by atoms with Gasteiger partial charge in [-0.15, -0.1) is 11.3 Å². The molecule has 2 atom stereocenters. The molecule has 0 radical (unpaired) electrons. The number of anilines is 1. The number of carbonyl (C=O) groups is 2. The van der Waals surface area contributed by atoms with E-state index in [2.05, 4.69) is 11.4 Å². The Kier molecular flexibility index (Phi) is 3.06. The van der Waals surface area contributed by atoms with Crippen LogP contribution in [-0.2, 0) is 22.4 Å². The Morgan fingerprint density at radius 2 is 2.10 bits per heavy atom. The van der Waals surface area contributed by atoms with Crippen molar-refractivity contribution in [1.29, 1.82) is 5.26 Å². The summed E-state index contributed by atoms with van der Waals surface area (Å²) in [6, 6.07) is 2.17. The quantitative estimate of drug-likeness (QED) is 0.897. The number of carboxylic acids is 1. The van der Waals surface area contributed by atoms with E-state index >= 15 is 0 Å². The molecule has 0 unspecified atom stereocenters. The standard InChI is InChI=1S/C15H16N2O3S/c1-15(2)10(11(15)14(19)20)12(18)17-13-8(6-16)7-4-3-5-9(7)21-13/h10-11H,3-5H2,1-2H3,(H,17,18)(H,19,20)/t10-,11+/m1/s1. The molecule has 1 heterocycles. The van der Waals surface area contributed by atoms with Gasteiger partial charge in [-0.1, -0.05) is 13.8 Å². The van der Waals surface area contributed by atoms with Crippen molar-refractivity contribution < 1.29 is 14.7 Å². The number of aliphatic carboxylic acids is 1. The molecule has 21 heavy (non-hydrogen) atoms. The van der Waals surface area contributed by atoms with Crippen molar-refractivity contribution in [3.8, 4) is 6.07 Å². The number of nitrogens with one attached hydrogen (secondary N) is 1. The molecule has 110 valence electrons. The van der Waals surface area contributed by atoms with Gasteiger partial charge in [0.15, 0.2) is 0 Å². The number of hydrogen-bond acceptors (Lipinski definition) is 4. The lowest BCUT2D eigenvalue weighted by Gasteiger charge is -2.05. The lowest BCUT2D eigenvalue weighted by atomic mass is 10.1. The highest BCUT2D eigenvalue weighted by Crippen LogP contribution is 2.58. The Bertz CT molecular complexity index is 684. The van der Waals surface area contributed by atoms with E-state index in [1.54, 1.807) is 13.8 Å². The van der Waals surface area contributed by atoms with Crippen LogP contribution in [0.5, 0.6) is 0 Å². The van der Waals surface area contributed by atoms with Gasteiger partial charge in [0, 0.05) is 4.88 Å². The molecule has 2 N–H and O–H groups in total. The second-order valence-corrected chi connectivity index (χ2v) is 7.38. The Hall–Kier alpha value is -1.87. The number of amides is 1. The summed E-state index contributed by atoms with van der Waals surface area (Å²) >= 11 is 1.45. The van der Waals surface area contributed by atoms with Gasteiger partial charge in [-0.3, -0.25) is 9.59 Å². The minimum absolute atomic E-state index is 0.288. The van der Waals surface area contributed by atoms with Gasteiger partial charge >= 0.3 is 5.97 Å². The predicted octanol–water partition coefficient (Wildman–Crippen LogP) is 2.40. The van der Waals surface area contributed by atoms with Gasteiger partial charge in [0.1, 0.15) is 11.1 Å². The van der Waals surface area contributed by atoms with Crippen LogP contribution in [0.15, 0.2) is 0 Å². The summed E-state index contributed by atoms with van der Waals surface area (Å²) in [6.07, 6.45) is 2.90. The normalized spacial score (nSPS) is 25.0. The van der Waals surface area contributed by atoms with Crippen LogP contribution < -0.4 is 5.32 Å². The summed E-state index contributed by atoms with van der Waals surface area (Å²) in [6.45, 7) is 3.57. The first-order chi connectivity index (χ1) is 9.87. The minimum atomic E-state index is -0.936. The van der Waals surface area contributed by atoms with Gasteiger partial charge in [0.05, 0.1) is 17.4 Å². The van der Waals surface area contributed by atoms with Gasteiger partial charge in [-0.05, 0) is 30.2 Å². The zero-order valence-corrected chi connectivity index (χ0v) is 12.7. The highest BCUT2D eigenvalue weighted by molar-refractivity contribution is 7.16. The average Bonchev–Trinajstić information content (AvgIpc) is 2.72. The summed E-state index contributed by atoms with van der Waals surface area (Å²) < 4.78 is 0. The van der Waals surface area contributed by atoms with Crippen molar-refractivity contribution in [2.75, 3.05) is 5.32 Å². The van der Waals surface area contributed by atoms with Crippen molar-refractivity contribution in [1.82, 2.24) is 0 Å². The van der Waals surface area contributed by atoms with E-state index in [0.29, 0.717) is 10.6 Å². The summed E-state index contributed by atoms with van der Waals surface area (Å²) in [5.74, 6) is -2.40. The zero-order valence-electron chi connectivity index (χ0n) is 11.9. The van der Waals surface area contributed by atoms with Gasteiger partial charge < -0.3 is 10.4 Å². The monoisotopic (exact) mass is 304 g/mol. The van der Waals surface area contributed by atoms with E-state index in [1.807, 2.05) is 0 Å². The van der Waals surface area contributed by atoms with Gasteiger partial charge in [-0.25, -0.2) is 0 Å². The Labute approximate surface area is 126 Å². The van der Waals surface area contributed by atoms with Crippen LogP contribution in [0.2, 0.25) is 0 Å². The Morgan fingerprint density at radius 1 is 1.38 bits per heavy atom. The molecule has 0 aliphatic heterocycles. The summed E-state index contributed by atoms with van der Waals surface area (Å²) in [5.41, 5.74) is 1.09. The third-order valence-corrected chi connectivity index (χ3v) is 5.85. The molecular formula is C15H16N2O3S. The first kappa shape index (κ1) is 14.1. The number of carbonyl (C=O) groups excluding carboxylic acids is 1. The summed E-state index contributed by atoms with van der Waals surface area (Å²) in [7, 11) is 0. The summed E-state index contributed by atoms with van der Waals surface area (Å²) in [5, 5.41) is 21.8. The molecule has 2 aliphatic rings. The summed E-state index contributed by atoms with van der Waals surface area (Å²) in [4.78, 5) is 24.6. The van der Waals surface area contributed by atoms with Gasteiger partial charge in [0.25, 0.3) is 0 Å². The number of carboxylic acid groups (broad SMARTS) is 1. The highest BCUT2D eigenvalue weighted by Gasteiger charge is 2.66. The molecule has 0 aromatic carbocycles. The number of hydrogen-bond donors (Lipinski definition) is 2. The number of nitrogens with zero attached hydrogens (tertiary/aromatic N) is 1. The molecule has 5 nitrogen and oxygen atoms in total. The molecule has 1 aromatic heterocycles. The maximum absolute atomic E-state index is 12.3. The Balaban J connectivity index is 1.81. The molecule has 0 saturated heterocycles. The number of fused-ring (bicyclic) bond motifs is 1. The minimum Gasteiger partial charge on any atom is -0.481 e. The number of rotatable bonds is 3. The number of aryl methyl sites for hydroxylation is 1. The fourth-order valence-corrected chi connectivity index (χ4v) is 4.63. The SMILES string of the molecule is CC1(C)[C@H](C(=O)O)[C@@H]1C(=O)Nc1sc2c(c1C#N)CCC2. The largest absolute Gasteiger partial charge is 0.481 e. The highest BCUT2D eigenvalue weighted by atomic mass is 32.1. The van der Waals surface area contributed by atoms with E-state index < -0.39 is 23.2 Å². The fourth-order valence-electron chi connectivity index (χ4n) is 3.39. The third kappa shape index (κ3) is 2.04. The molecular weight excluding hydrogens is 288 g/mol. The average molecular weight is 304 g/mol. The molecule has 6 heteroatoms. The van der Waals surface area contributed by atoms with Crippen molar-refractivity contribution in [2.24, 2.45) is 17.3 Å². The fraction of sp³-hybridized carbons (Fsp3) is 0.533. The molecule has 0 spiro atoms. The van der Waals surface area contributed by atoms with Crippen molar-refractivity contribution in [3.63, 3.8) is 0 Å². The Morgan fingerprint density at radius 3 is 2.67 bits per heavy atom. The van der Waals surface area contributed by atoms with Crippen LogP contribution in [0.4, 0.5) is 5.00 Å². The maximum Gasteiger partial charge on any atom is 0.307 e. The topological polar surface area (TPSA) is 90.2 Å². The first-order valence-electron chi connectivity index (χ1n) is 6.96. The molecule has 1 saturated carbocycles. The second-order valence-electron chi connectivity index (χ2n) is 6.28. The molecule has 3 rings (SSSR count). The molecule has 1 amide bonds. The van der Waals surface area contributed by atoms with E-state index in [-0.39, 0.29) is 5.91 Å². The van der Waals surface area contributed by atoms with Crippen molar-refractivity contribution >= 4 is 28.2 Å². The van der Waals surface area contributed by atoms with E-state index in [9.17, 15) is 14.9 Å². The van der Waals surface area contributed by atoms with Crippen LogP contribution in [-0.4, -0.2) is 17.0 Å². The number of nitriles is 1. The van der Waals surface area contributed by atoms with Crippen LogP contribution in [0, 0.1) is 28.6 Å². The van der Waals surface area contributed by atoms with Crippen LogP contribution >= 0.6 is 11.3 Å². The number of thiophene rings is 1. The molecule has 1 aromatic rings. The van der Waals surface area contributed by atoms with Crippen LogP contribution in [0.3, 0.4) is 0 Å².